The number of carbonyl (C=O) groups is 1. The summed E-state index contributed by atoms with van der Waals surface area (Å²) < 4.78 is 18.4. The van der Waals surface area contributed by atoms with Gasteiger partial charge in [-0.05, 0) is 44.2 Å². The molecule has 3 heterocycles. The molecule has 0 bridgehead atoms. The number of nitrogens with one attached hydrogen (secondary N) is 1. The Balaban J connectivity index is 1.12. The summed E-state index contributed by atoms with van der Waals surface area (Å²) in [6.45, 7) is 1.94. The van der Waals surface area contributed by atoms with Crippen LogP contribution < -0.4 is 14.2 Å². The zero-order valence-corrected chi connectivity index (χ0v) is 21.8. The van der Waals surface area contributed by atoms with E-state index >= 15 is 0 Å². The monoisotopic (exact) mass is 525 g/mol. The van der Waals surface area contributed by atoms with Crippen molar-refractivity contribution in [2.24, 2.45) is 0 Å². The Hall–Kier alpha value is -4.37. The minimum atomic E-state index is -0.168. The van der Waals surface area contributed by atoms with E-state index in [9.17, 15) is 4.79 Å². The summed E-state index contributed by atoms with van der Waals surface area (Å²) in [6, 6.07) is 19.5. The molecule has 1 amide bonds. The first kappa shape index (κ1) is 24.9. The lowest BCUT2D eigenvalue weighted by molar-refractivity contribution is -0.125. The number of amides is 1. The van der Waals surface area contributed by atoms with Gasteiger partial charge >= 0.3 is 0 Å². The number of rotatable bonds is 10. The molecule has 2 aromatic carbocycles. The molecule has 4 aromatic rings. The third-order valence-corrected chi connectivity index (χ3v) is 6.96. The van der Waals surface area contributed by atoms with Crippen molar-refractivity contribution in [3.63, 3.8) is 0 Å². The number of para-hydroxylation sites is 1. The van der Waals surface area contributed by atoms with Crippen LogP contribution in [0.1, 0.15) is 19.3 Å². The summed E-state index contributed by atoms with van der Waals surface area (Å²) in [4.78, 5) is 21.2. The van der Waals surface area contributed by atoms with E-state index in [0.717, 1.165) is 18.7 Å². The van der Waals surface area contributed by atoms with Crippen molar-refractivity contribution in [3.05, 3.63) is 79.0 Å². The van der Waals surface area contributed by atoms with Crippen molar-refractivity contribution in [2.45, 2.75) is 31.4 Å². The minimum Gasteiger partial charge on any atom is -0.471 e. The van der Waals surface area contributed by atoms with Gasteiger partial charge in [0.15, 0.2) is 5.65 Å². The number of hydrogen-bond donors (Lipinski definition) is 1. The Labute approximate surface area is 227 Å². The molecule has 2 aliphatic rings. The number of pyridine rings is 1. The van der Waals surface area contributed by atoms with Gasteiger partial charge in [-0.15, -0.1) is 5.10 Å². The second kappa shape index (κ2) is 11.2. The average Bonchev–Trinajstić information content (AvgIpc) is 3.57. The predicted octanol–water partition coefficient (Wildman–Crippen LogP) is 5.17. The molecule has 0 unspecified atom stereocenters. The fourth-order valence-electron chi connectivity index (χ4n) is 4.69. The van der Waals surface area contributed by atoms with Crippen LogP contribution in [0.2, 0.25) is 0 Å². The summed E-state index contributed by atoms with van der Waals surface area (Å²) in [6.07, 6.45) is 8.35. The topological polar surface area (TPSA) is 92.8 Å². The molecule has 1 aliphatic carbocycles. The molecule has 0 radical (unpaired) electrons. The Morgan fingerprint density at radius 1 is 1.05 bits per heavy atom. The Morgan fingerprint density at radius 2 is 1.85 bits per heavy atom. The maximum Gasteiger partial charge on any atom is 0.246 e. The molecule has 9 heteroatoms. The molecule has 0 spiro atoms. The zero-order chi connectivity index (χ0) is 26.6. The fraction of sp³-hybridized carbons (Fsp3) is 0.300. The highest BCUT2D eigenvalue weighted by Crippen LogP contribution is 2.36. The van der Waals surface area contributed by atoms with Crippen molar-refractivity contribution in [1.29, 1.82) is 0 Å². The molecule has 1 saturated heterocycles. The van der Waals surface area contributed by atoms with Gasteiger partial charge < -0.3 is 19.1 Å². The van der Waals surface area contributed by atoms with Gasteiger partial charge in [0.05, 0.1) is 6.54 Å². The zero-order valence-electron chi connectivity index (χ0n) is 21.8. The van der Waals surface area contributed by atoms with Crippen LogP contribution >= 0.6 is 0 Å². The van der Waals surface area contributed by atoms with Crippen LogP contribution in [0.5, 0.6) is 28.9 Å². The van der Waals surface area contributed by atoms with Crippen molar-refractivity contribution in [2.75, 3.05) is 26.7 Å². The Morgan fingerprint density at radius 3 is 2.67 bits per heavy atom. The molecule has 1 saturated carbocycles. The second-order valence-electron chi connectivity index (χ2n) is 9.94. The third-order valence-electron chi connectivity index (χ3n) is 6.96. The molecular formula is C30H31N5O4. The lowest BCUT2D eigenvalue weighted by Crippen LogP contribution is -2.30. The van der Waals surface area contributed by atoms with Gasteiger partial charge in [0.2, 0.25) is 11.8 Å². The predicted molar refractivity (Wildman–Crippen MR) is 147 cm³/mol. The number of H-pyrrole nitrogens is 1. The van der Waals surface area contributed by atoms with Gasteiger partial charge in [-0.2, -0.15) is 0 Å². The normalized spacial score (nSPS) is 17.3. The summed E-state index contributed by atoms with van der Waals surface area (Å²) in [5.41, 5.74) is 0.563. The van der Waals surface area contributed by atoms with Crippen molar-refractivity contribution in [3.8, 4) is 28.9 Å². The van der Waals surface area contributed by atoms with E-state index in [4.69, 9.17) is 14.2 Å². The smallest absolute Gasteiger partial charge is 0.246 e. The quantitative estimate of drug-likeness (QED) is 0.286. The lowest BCUT2D eigenvalue weighted by Gasteiger charge is -2.16. The number of aromatic nitrogens is 3. The maximum absolute atomic E-state index is 12.7. The van der Waals surface area contributed by atoms with E-state index in [-0.39, 0.29) is 12.0 Å². The highest BCUT2D eigenvalue weighted by atomic mass is 16.5. The first-order valence-corrected chi connectivity index (χ1v) is 13.3. The molecular weight excluding hydrogens is 494 g/mol. The van der Waals surface area contributed by atoms with Crippen LogP contribution in [-0.2, 0) is 4.79 Å². The Bertz CT molecular complexity index is 1470. The molecule has 39 heavy (non-hydrogen) atoms. The number of benzene rings is 2. The van der Waals surface area contributed by atoms with Gasteiger partial charge in [-0.1, -0.05) is 30.3 Å². The molecule has 1 atom stereocenters. The Kier molecular flexibility index (Phi) is 7.14. The van der Waals surface area contributed by atoms with Crippen molar-refractivity contribution in [1.82, 2.24) is 25.0 Å². The largest absolute Gasteiger partial charge is 0.471 e. The van der Waals surface area contributed by atoms with Gasteiger partial charge in [0.1, 0.15) is 34.5 Å². The van der Waals surface area contributed by atoms with E-state index < -0.39 is 0 Å². The highest BCUT2D eigenvalue weighted by Gasteiger charge is 2.29. The molecule has 1 aliphatic heterocycles. The number of likely N-dealkylation sites (tertiary alicyclic amines) is 1. The van der Waals surface area contributed by atoms with Crippen LogP contribution in [0.3, 0.4) is 0 Å². The van der Waals surface area contributed by atoms with Crippen LogP contribution in [0, 0.1) is 0 Å². The second-order valence-corrected chi connectivity index (χ2v) is 9.94. The number of fused-ring (bicyclic) bond motifs is 1. The summed E-state index contributed by atoms with van der Waals surface area (Å²) in [5.74, 6) is 3.01. The molecule has 2 aromatic heterocycles. The number of ether oxygens (including phenoxy) is 3. The number of nitrogens with zero attached hydrogens (tertiary/aromatic N) is 4. The minimum absolute atomic E-state index is 0.0143. The van der Waals surface area contributed by atoms with E-state index in [2.05, 4.69) is 27.1 Å². The standard InChI is InChI=1S/C30H31N5O4/c1-34(21-12-13-21)17-6-11-27(36)35-18-15-25(20-35)39-30-28-26(14-16-31-29(28)32-33-30)38-24-10-5-9-23(19-24)37-22-7-3-2-4-8-22/h2-11,14,16,19,21,25H,12-13,15,17-18,20H2,1H3,(H,31,32,33)/b11-6+/t25-/m1/s1. The fourth-order valence-corrected chi connectivity index (χ4v) is 4.69. The van der Waals surface area contributed by atoms with E-state index in [0.29, 0.717) is 53.3 Å². The SMILES string of the molecule is CN(C/C=C/C(=O)N1CC[C@@H](Oc2n[nH]c3nccc(Oc4cccc(Oc5ccccc5)c4)c23)C1)C1CC1. The number of aromatic amines is 1. The van der Waals surface area contributed by atoms with Gasteiger partial charge in [0.25, 0.3) is 0 Å². The van der Waals surface area contributed by atoms with E-state index in [1.54, 1.807) is 18.3 Å². The van der Waals surface area contributed by atoms with Gasteiger partial charge in [-0.25, -0.2) is 4.98 Å². The van der Waals surface area contributed by atoms with Crippen molar-refractivity contribution >= 4 is 16.9 Å². The molecule has 1 N–H and O–H groups in total. The first-order valence-electron chi connectivity index (χ1n) is 13.3. The average molecular weight is 526 g/mol. The first-order chi connectivity index (χ1) is 19.1. The van der Waals surface area contributed by atoms with Crippen molar-refractivity contribution < 1.29 is 19.0 Å². The van der Waals surface area contributed by atoms with Crippen LogP contribution in [-0.4, -0.2) is 69.7 Å². The van der Waals surface area contributed by atoms with Gasteiger partial charge in [-0.3, -0.25) is 14.8 Å². The molecule has 200 valence electrons. The lowest BCUT2D eigenvalue weighted by atomic mass is 10.3. The van der Waals surface area contributed by atoms with Crippen LogP contribution in [0.15, 0.2) is 79.0 Å². The van der Waals surface area contributed by atoms with Crippen LogP contribution in [0.25, 0.3) is 11.0 Å². The number of likely N-dealkylation sites (N-methyl/N-ethyl adjacent to an activating group) is 1. The summed E-state index contributed by atoms with van der Waals surface area (Å²) in [5, 5.41) is 7.94. The molecule has 9 nitrogen and oxygen atoms in total. The summed E-state index contributed by atoms with van der Waals surface area (Å²) >= 11 is 0. The maximum atomic E-state index is 12.7. The van der Waals surface area contributed by atoms with Gasteiger partial charge in [0, 0.05) is 50.0 Å². The van der Waals surface area contributed by atoms with E-state index in [1.165, 1.54) is 12.8 Å². The third kappa shape index (κ3) is 6.04. The highest BCUT2D eigenvalue weighted by molar-refractivity contribution is 5.88. The van der Waals surface area contributed by atoms with Crippen LogP contribution in [0.4, 0.5) is 0 Å². The molecule has 6 rings (SSSR count). The van der Waals surface area contributed by atoms with E-state index in [1.807, 2.05) is 65.6 Å². The number of hydrogen-bond acceptors (Lipinski definition) is 7. The molecule has 2 fully saturated rings. The number of carbonyl (C=O) groups excluding carboxylic acids is 1. The summed E-state index contributed by atoms with van der Waals surface area (Å²) in [7, 11) is 2.10.